The minimum absolute atomic E-state index is 0.144. The van der Waals surface area contributed by atoms with Gasteiger partial charge in [-0.05, 0) is 18.6 Å². The van der Waals surface area contributed by atoms with Gasteiger partial charge in [0.2, 0.25) is 0 Å². The molecule has 0 aliphatic carbocycles. The van der Waals surface area contributed by atoms with Gasteiger partial charge in [-0.15, -0.1) is 0 Å². The van der Waals surface area contributed by atoms with Crippen LogP contribution in [0.15, 0.2) is 6.07 Å². The van der Waals surface area contributed by atoms with Gasteiger partial charge in [-0.3, -0.25) is 0 Å². The largest absolute Gasteiger partial charge is 0.390 e. The molecular weight excluding hydrogens is 190 g/mol. The van der Waals surface area contributed by atoms with Gasteiger partial charge in [0, 0.05) is 0 Å². The van der Waals surface area contributed by atoms with Crippen LogP contribution >= 0.6 is 0 Å². The van der Waals surface area contributed by atoms with Crippen LogP contribution in [0.5, 0.6) is 0 Å². The van der Waals surface area contributed by atoms with Gasteiger partial charge in [0.15, 0.2) is 0 Å². The quantitative estimate of drug-likeness (QED) is 0.786. The molecule has 0 aliphatic rings. The van der Waals surface area contributed by atoms with Crippen LogP contribution in [-0.4, -0.2) is 10.1 Å². The molecule has 0 bridgehead atoms. The third kappa shape index (κ3) is 1.86. The molecule has 74 valence electrons. The number of rotatable bonds is 2. The second kappa shape index (κ2) is 4.11. The number of alkyl halides is 2. The van der Waals surface area contributed by atoms with Gasteiger partial charge >= 0.3 is 0 Å². The number of hydrogen-bond acceptors (Lipinski definition) is 3. The molecule has 0 saturated carbocycles. The molecule has 1 aromatic rings. The van der Waals surface area contributed by atoms with E-state index in [1.807, 2.05) is 0 Å². The molecule has 1 heterocycles. The van der Waals surface area contributed by atoms with Crippen molar-refractivity contribution < 1.29 is 13.9 Å². The van der Waals surface area contributed by atoms with Gasteiger partial charge in [0.25, 0.3) is 6.43 Å². The van der Waals surface area contributed by atoms with E-state index >= 15 is 0 Å². The Bertz CT molecular complexity index is 385. The van der Waals surface area contributed by atoms with Crippen molar-refractivity contribution in [1.82, 2.24) is 4.98 Å². The van der Waals surface area contributed by atoms with Crippen molar-refractivity contribution >= 4 is 0 Å². The maximum atomic E-state index is 12.4. The number of aliphatic hydroxyl groups excluding tert-OH is 1. The molecule has 1 rings (SSSR count). The predicted molar refractivity (Wildman–Crippen MR) is 44.6 cm³/mol. The molecule has 1 N–H and O–H groups in total. The Balaban J connectivity index is 3.34. The van der Waals surface area contributed by atoms with Crippen LogP contribution in [0.1, 0.15) is 28.9 Å². The monoisotopic (exact) mass is 198 g/mol. The summed E-state index contributed by atoms with van der Waals surface area (Å²) in [6.07, 6.45) is -2.80. The molecule has 0 radical (unpaired) electrons. The average Bonchev–Trinajstić information content (AvgIpc) is 2.16. The number of aliphatic hydroxyl groups is 1. The topological polar surface area (TPSA) is 56.9 Å². The molecule has 0 saturated heterocycles. The van der Waals surface area contributed by atoms with E-state index in [0.717, 1.165) is 0 Å². The number of nitrogens with zero attached hydrogens (tertiary/aromatic N) is 2. The number of hydrogen-bond donors (Lipinski definition) is 1. The van der Waals surface area contributed by atoms with E-state index in [0.29, 0.717) is 5.56 Å². The number of aryl methyl sites for hydroxylation is 1. The number of pyridine rings is 1. The summed E-state index contributed by atoms with van der Waals surface area (Å²) in [4.78, 5) is 3.54. The Morgan fingerprint density at radius 1 is 1.64 bits per heavy atom. The van der Waals surface area contributed by atoms with E-state index in [2.05, 4.69) is 4.98 Å². The standard InChI is InChI=1S/C9H8F2N2O/c1-5-2-6(3-12)8(9(10)11)13-7(5)4-14/h2,9,14H,4H2,1H3. The lowest BCUT2D eigenvalue weighted by Gasteiger charge is -2.06. The van der Waals surface area contributed by atoms with Crippen LogP contribution < -0.4 is 0 Å². The van der Waals surface area contributed by atoms with E-state index in [-0.39, 0.29) is 11.3 Å². The minimum Gasteiger partial charge on any atom is -0.390 e. The van der Waals surface area contributed by atoms with Crippen molar-refractivity contribution in [3.63, 3.8) is 0 Å². The number of halogens is 2. The van der Waals surface area contributed by atoms with Crippen LogP contribution in [0.4, 0.5) is 8.78 Å². The first-order valence-corrected chi connectivity index (χ1v) is 3.89. The zero-order valence-corrected chi connectivity index (χ0v) is 7.46. The Hall–Kier alpha value is -1.54. The van der Waals surface area contributed by atoms with Gasteiger partial charge in [-0.25, -0.2) is 13.8 Å². The van der Waals surface area contributed by atoms with Crippen LogP contribution in [0.2, 0.25) is 0 Å². The fraction of sp³-hybridized carbons (Fsp3) is 0.333. The van der Waals surface area contributed by atoms with Crippen LogP contribution in [-0.2, 0) is 6.61 Å². The van der Waals surface area contributed by atoms with E-state index in [9.17, 15) is 8.78 Å². The molecular formula is C9H8F2N2O. The SMILES string of the molecule is Cc1cc(C#N)c(C(F)F)nc1CO. The summed E-state index contributed by atoms with van der Waals surface area (Å²) in [6.45, 7) is 1.20. The maximum Gasteiger partial charge on any atom is 0.281 e. The van der Waals surface area contributed by atoms with Crippen LogP contribution in [0.25, 0.3) is 0 Å². The molecule has 3 nitrogen and oxygen atoms in total. The Morgan fingerprint density at radius 3 is 2.71 bits per heavy atom. The first kappa shape index (κ1) is 10.5. The van der Waals surface area contributed by atoms with Gasteiger partial charge in [-0.2, -0.15) is 5.26 Å². The summed E-state index contributed by atoms with van der Waals surface area (Å²) in [7, 11) is 0. The Kier molecular flexibility index (Phi) is 3.10. The van der Waals surface area contributed by atoms with Crippen molar-refractivity contribution in [2.45, 2.75) is 20.0 Å². The minimum atomic E-state index is -2.80. The summed E-state index contributed by atoms with van der Waals surface area (Å²) >= 11 is 0. The lowest BCUT2D eigenvalue weighted by Crippen LogP contribution is -2.02. The molecule has 0 amide bonds. The zero-order valence-electron chi connectivity index (χ0n) is 7.46. The van der Waals surface area contributed by atoms with Crippen molar-refractivity contribution in [2.24, 2.45) is 0 Å². The zero-order chi connectivity index (χ0) is 10.7. The molecule has 0 spiro atoms. The third-order valence-electron chi connectivity index (χ3n) is 1.82. The first-order valence-electron chi connectivity index (χ1n) is 3.89. The fourth-order valence-electron chi connectivity index (χ4n) is 1.08. The highest BCUT2D eigenvalue weighted by atomic mass is 19.3. The predicted octanol–water partition coefficient (Wildman–Crippen LogP) is 1.69. The summed E-state index contributed by atoms with van der Waals surface area (Å²) in [5.41, 5.74) is 0.00426. The van der Waals surface area contributed by atoms with Gasteiger partial charge in [0.05, 0.1) is 17.9 Å². The lowest BCUT2D eigenvalue weighted by atomic mass is 10.1. The summed E-state index contributed by atoms with van der Waals surface area (Å²) in [5, 5.41) is 17.4. The lowest BCUT2D eigenvalue weighted by molar-refractivity contribution is 0.144. The fourth-order valence-corrected chi connectivity index (χ4v) is 1.08. The van der Waals surface area contributed by atoms with Gasteiger partial charge in [-0.1, -0.05) is 0 Å². The van der Waals surface area contributed by atoms with Crippen molar-refractivity contribution in [3.05, 3.63) is 28.6 Å². The van der Waals surface area contributed by atoms with Gasteiger partial charge < -0.3 is 5.11 Å². The highest BCUT2D eigenvalue weighted by Gasteiger charge is 2.16. The second-order valence-corrected chi connectivity index (χ2v) is 2.76. The molecule has 0 unspecified atom stereocenters. The van der Waals surface area contributed by atoms with E-state index < -0.39 is 18.7 Å². The normalized spacial score (nSPS) is 10.3. The summed E-state index contributed by atoms with van der Waals surface area (Å²) in [6, 6.07) is 2.95. The second-order valence-electron chi connectivity index (χ2n) is 2.76. The van der Waals surface area contributed by atoms with Crippen molar-refractivity contribution in [3.8, 4) is 6.07 Å². The van der Waals surface area contributed by atoms with E-state index in [4.69, 9.17) is 10.4 Å². The Morgan fingerprint density at radius 2 is 2.29 bits per heavy atom. The maximum absolute atomic E-state index is 12.4. The molecule has 1 aromatic heterocycles. The number of nitriles is 1. The third-order valence-corrected chi connectivity index (χ3v) is 1.82. The van der Waals surface area contributed by atoms with E-state index in [1.165, 1.54) is 6.07 Å². The summed E-state index contributed by atoms with van der Waals surface area (Å²) in [5.74, 6) is 0. The molecule has 0 aromatic carbocycles. The summed E-state index contributed by atoms with van der Waals surface area (Å²) < 4.78 is 24.7. The molecule has 0 aliphatic heterocycles. The van der Waals surface area contributed by atoms with E-state index in [1.54, 1.807) is 13.0 Å². The smallest absolute Gasteiger partial charge is 0.281 e. The highest BCUT2D eigenvalue weighted by molar-refractivity contribution is 5.38. The highest BCUT2D eigenvalue weighted by Crippen LogP contribution is 2.22. The van der Waals surface area contributed by atoms with Crippen LogP contribution in [0.3, 0.4) is 0 Å². The van der Waals surface area contributed by atoms with Crippen molar-refractivity contribution in [1.29, 1.82) is 5.26 Å². The van der Waals surface area contributed by atoms with Crippen molar-refractivity contribution in [2.75, 3.05) is 0 Å². The molecule has 5 heteroatoms. The first-order chi connectivity index (χ1) is 6.60. The molecule has 0 fully saturated rings. The average molecular weight is 198 g/mol. The Labute approximate surface area is 79.6 Å². The van der Waals surface area contributed by atoms with Crippen LogP contribution in [0, 0.1) is 18.3 Å². The molecule has 14 heavy (non-hydrogen) atoms. The molecule has 0 atom stereocenters. The number of aromatic nitrogens is 1. The van der Waals surface area contributed by atoms with Gasteiger partial charge in [0.1, 0.15) is 11.8 Å².